The third-order valence-corrected chi connectivity index (χ3v) is 8.67. The maximum atomic E-state index is 11.9. The van der Waals surface area contributed by atoms with Gasteiger partial charge in [-0.15, -0.1) is 0 Å². The summed E-state index contributed by atoms with van der Waals surface area (Å²) in [6.07, 6.45) is 4.55. The van der Waals surface area contributed by atoms with Gasteiger partial charge >= 0.3 is 12.2 Å². The molecule has 0 aliphatic heterocycles. The van der Waals surface area contributed by atoms with Gasteiger partial charge in [-0.3, -0.25) is 10.1 Å². The van der Waals surface area contributed by atoms with Crippen LogP contribution in [0.25, 0.3) is 5.69 Å². The summed E-state index contributed by atoms with van der Waals surface area (Å²) < 4.78 is 68.8. The van der Waals surface area contributed by atoms with Gasteiger partial charge in [-0.05, 0) is 90.4 Å². The monoisotopic (exact) mass is 952 g/mol. The molecule has 0 spiro atoms. The number of hydrogen-bond acceptors (Lipinski definition) is 14. The van der Waals surface area contributed by atoms with Crippen molar-refractivity contribution in [3.63, 3.8) is 0 Å². The number of aromatic nitrogens is 7. The van der Waals surface area contributed by atoms with E-state index in [0.29, 0.717) is 29.0 Å². The summed E-state index contributed by atoms with van der Waals surface area (Å²) in [4.78, 5) is 31.4. The van der Waals surface area contributed by atoms with E-state index in [9.17, 15) is 31.7 Å². The Kier molecular flexibility index (Phi) is 30.1. The van der Waals surface area contributed by atoms with E-state index < -0.39 is 26.8 Å². The molecule has 0 bridgehead atoms. The van der Waals surface area contributed by atoms with E-state index >= 15 is 0 Å². The molecular weight excluding hydrogens is 890 g/mol. The highest BCUT2D eigenvalue weighted by Crippen LogP contribution is 2.28. The van der Waals surface area contributed by atoms with Gasteiger partial charge in [0.1, 0.15) is 30.0 Å². The molecule has 3 aromatic heterocycles. The fourth-order valence-electron chi connectivity index (χ4n) is 4.32. The first-order valence-corrected chi connectivity index (χ1v) is 21.9. The molecule has 0 atom stereocenters. The molecule has 0 unspecified atom stereocenters. The Hall–Kier alpha value is -6.03. The molecule has 0 N–H and O–H groups in total. The molecule has 3 heterocycles. The van der Waals surface area contributed by atoms with Crippen molar-refractivity contribution in [3.05, 3.63) is 147 Å². The zero-order valence-electron chi connectivity index (χ0n) is 36.5. The van der Waals surface area contributed by atoms with E-state index in [2.05, 4.69) is 78.1 Å². The highest BCUT2D eigenvalue weighted by molar-refractivity contribution is 7.95. The summed E-state index contributed by atoms with van der Waals surface area (Å²) in [5.74, 6) is 2.90. The molecule has 0 aliphatic carbocycles. The Morgan fingerprint density at radius 2 is 1.14 bits per heavy atom. The fourth-order valence-corrected chi connectivity index (χ4v) is 5.00. The molecule has 0 radical (unpaired) electrons. The van der Waals surface area contributed by atoms with Crippen molar-refractivity contribution in [2.45, 2.75) is 81.8 Å². The SMILES string of the molecule is C.C.C.COc1cc(C)nc(OC)n1.CS(=O)(=O)O[O-].Cc1ccc(C(F)(F)F)cc1.Cc1ccc([S+](C)C)cc1.Cc1cnn(-c2ccc([N+](=O)[O-])cc2)c1.Cc1nc(C)nc(C)n1. The Morgan fingerprint density at radius 1 is 0.692 bits per heavy atom. The number of methoxy groups -OCH3 is 2. The minimum atomic E-state index is -4.21. The Morgan fingerprint density at radius 3 is 1.48 bits per heavy atom. The van der Waals surface area contributed by atoms with E-state index in [1.165, 1.54) is 41.8 Å². The van der Waals surface area contributed by atoms with Crippen LogP contribution in [0.4, 0.5) is 18.9 Å². The van der Waals surface area contributed by atoms with Crippen LogP contribution in [0.1, 0.15) is 67.7 Å². The van der Waals surface area contributed by atoms with E-state index in [0.717, 1.165) is 52.1 Å². The molecule has 0 amide bonds. The minimum Gasteiger partial charge on any atom is -0.707 e. The number of ether oxygens (including phenoxy) is 2. The number of nitro benzene ring substituents is 1. The van der Waals surface area contributed by atoms with Crippen molar-refractivity contribution in [1.82, 2.24) is 34.7 Å². The first kappa shape index (κ1) is 63.3. The fraction of sp³-hybridized carbons (Fsp3) is 0.364. The van der Waals surface area contributed by atoms with Crippen molar-refractivity contribution in [2.75, 3.05) is 33.0 Å². The van der Waals surface area contributed by atoms with Gasteiger partial charge in [-0.25, -0.2) is 33.0 Å². The topological polar surface area (TPSA) is 210 Å². The number of nitro groups is 1. The zero-order valence-corrected chi connectivity index (χ0v) is 38.1. The lowest BCUT2D eigenvalue weighted by atomic mass is 10.1. The number of aryl methyl sites for hydroxylation is 7. The van der Waals surface area contributed by atoms with E-state index in [1.54, 1.807) is 43.1 Å². The predicted octanol–water partition coefficient (Wildman–Crippen LogP) is 9.08. The standard InChI is InChI=1S/C10H9N3O2.C9H13S.C8H7F3.C7H10N2O2.C6H9N3.CH4O4S.3CH4/c1-8-6-11-12(7-8)9-2-4-10(5-3-9)13(14)15;1-8-4-6-9(7-5-8)10(2)3;1-6-2-4-7(5-3-6)8(9,10)11;1-5-4-6(10-2)9-7(8-5)11-3;1-4-7-5(2)9-6(3)8-4;1-6(3,4)5-2;;;/h2-7H,1H3;4-7H,1-3H3;2-5H,1H3;4H,1-3H3;1-3H3;2H,1H3;3*1H4/q;+1;;;;;;;/p-1. The van der Waals surface area contributed by atoms with Gasteiger partial charge < -0.3 is 19.1 Å². The van der Waals surface area contributed by atoms with Gasteiger partial charge in [-0.1, -0.05) is 57.7 Å². The maximum absolute atomic E-state index is 11.9. The normalized spacial score (nSPS) is 9.92. The highest BCUT2D eigenvalue weighted by Gasteiger charge is 2.29. The molecule has 21 heteroatoms. The zero-order chi connectivity index (χ0) is 47.2. The Labute approximate surface area is 384 Å². The summed E-state index contributed by atoms with van der Waals surface area (Å²) in [5, 5.41) is 23.4. The quantitative estimate of drug-likeness (QED) is 0.0660. The van der Waals surface area contributed by atoms with Gasteiger partial charge in [0.2, 0.25) is 5.88 Å². The van der Waals surface area contributed by atoms with Crippen molar-refractivity contribution < 1.29 is 45.6 Å². The van der Waals surface area contributed by atoms with Crippen molar-refractivity contribution >= 4 is 26.7 Å². The third kappa shape index (κ3) is 27.0. The maximum Gasteiger partial charge on any atom is 0.416 e. The second kappa shape index (κ2) is 30.9. The van der Waals surface area contributed by atoms with Crippen LogP contribution >= 0.6 is 0 Å². The molecule has 0 saturated carbocycles. The predicted molar refractivity (Wildman–Crippen MR) is 250 cm³/mol. The largest absolute Gasteiger partial charge is 0.707 e. The molecule has 65 heavy (non-hydrogen) atoms. The molecule has 0 saturated heterocycles. The van der Waals surface area contributed by atoms with Crippen LogP contribution in [0, 0.1) is 58.6 Å². The van der Waals surface area contributed by atoms with E-state index in [-0.39, 0.29) is 28.0 Å². The molecule has 6 aromatic rings. The Balaban J connectivity index is -0.000000716. The lowest BCUT2D eigenvalue weighted by Crippen LogP contribution is -2.12. The first-order chi connectivity index (χ1) is 28.9. The lowest BCUT2D eigenvalue weighted by molar-refractivity contribution is -0.634. The third-order valence-electron chi connectivity index (χ3n) is 7.20. The summed E-state index contributed by atoms with van der Waals surface area (Å²) in [6, 6.07) is 22.1. The van der Waals surface area contributed by atoms with Crippen LogP contribution in [0.15, 0.2) is 96.2 Å². The van der Waals surface area contributed by atoms with Gasteiger partial charge in [0.25, 0.3) is 15.8 Å². The van der Waals surface area contributed by atoms with Crippen LogP contribution in [0.2, 0.25) is 0 Å². The van der Waals surface area contributed by atoms with Gasteiger partial charge in [0, 0.05) is 41.0 Å². The van der Waals surface area contributed by atoms with Crippen molar-refractivity contribution in [3.8, 4) is 17.6 Å². The Bertz CT molecular complexity index is 2300. The molecule has 0 fully saturated rings. The average molecular weight is 953 g/mol. The lowest BCUT2D eigenvalue weighted by Gasteiger charge is -2.05. The second-order valence-electron chi connectivity index (χ2n) is 13.0. The summed E-state index contributed by atoms with van der Waals surface area (Å²) in [6.45, 7) is 13.3. The van der Waals surface area contributed by atoms with Crippen LogP contribution < -0.4 is 14.7 Å². The molecule has 3 aromatic carbocycles. The molecule has 0 aliphatic rings. The molecule has 360 valence electrons. The summed E-state index contributed by atoms with van der Waals surface area (Å²) in [5.41, 5.74) is 4.36. The minimum absolute atomic E-state index is 0. The molecule has 16 nitrogen and oxygen atoms in total. The number of alkyl halides is 3. The summed E-state index contributed by atoms with van der Waals surface area (Å²) in [7, 11) is -0.226. The number of halogens is 3. The van der Waals surface area contributed by atoms with Crippen molar-refractivity contribution in [2.24, 2.45) is 0 Å². The molecular formula is C44H63F3N8O8S2. The first-order valence-electron chi connectivity index (χ1n) is 18.0. The number of rotatable bonds is 6. The van der Waals surface area contributed by atoms with Crippen LogP contribution in [0.5, 0.6) is 11.9 Å². The van der Waals surface area contributed by atoms with Crippen LogP contribution in [-0.4, -0.2) is 81.0 Å². The smallest absolute Gasteiger partial charge is 0.416 e. The van der Waals surface area contributed by atoms with Crippen LogP contribution in [0.3, 0.4) is 0 Å². The van der Waals surface area contributed by atoms with Gasteiger partial charge in [0.05, 0.1) is 42.8 Å². The number of hydrogen-bond donors (Lipinski definition) is 0. The van der Waals surface area contributed by atoms with Crippen molar-refractivity contribution in [1.29, 1.82) is 0 Å². The second-order valence-corrected chi connectivity index (χ2v) is 16.7. The van der Waals surface area contributed by atoms with Gasteiger partial charge in [0.15, 0.2) is 4.90 Å². The number of non-ortho nitro benzene ring substituents is 1. The summed E-state index contributed by atoms with van der Waals surface area (Å²) >= 11 is 0. The van der Waals surface area contributed by atoms with Gasteiger partial charge in [-0.2, -0.15) is 23.3 Å². The van der Waals surface area contributed by atoms with E-state index in [1.807, 2.05) is 40.8 Å². The van der Waals surface area contributed by atoms with Crippen LogP contribution in [-0.2, 0) is 31.5 Å². The highest BCUT2D eigenvalue weighted by atomic mass is 32.2. The molecule has 6 rings (SSSR count). The number of benzene rings is 3. The van der Waals surface area contributed by atoms with E-state index in [4.69, 9.17) is 14.7 Å². The number of nitrogens with zero attached hydrogens (tertiary/aromatic N) is 8. The average Bonchev–Trinajstić information content (AvgIpc) is 3.64.